The second-order valence-electron chi connectivity index (χ2n) is 4.70. The number of esters is 1. The number of phenols is 1. The molecule has 2 aromatic rings. The summed E-state index contributed by atoms with van der Waals surface area (Å²) < 4.78 is 4.87. The van der Waals surface area contributed by atoms with Crippen LogP contribution >= 0.6 is 23.2 Å². The molecule has 0 fully saturated rings. The van der Waals surface area contributed by atoms with Gasteiger partial charge in [-0.25, -0.2) is 4.79 Å². The summed E-state index contributed by atoms with van der Waals surface area (Å²) in [5.41, 5.74) is 1.13. The Morgan fingerprint density at radius 1 is 1.22 bits per heavy atom. The molecule has 0 atom stereocenters. The van der Waals surface area contributed by atoms with Gasteiger partial charge in [0.05, 0.1) is 0 Å². The summed E-state index contributed by atoms with van der Waals surface area (Å²) in [6.07, 6.45) is 0. The average Bonchev–Trinajstić information content (AvgIpc) is 2.52. The first kappa shape index (κ1) is 17.1. The van der Waals surface area contributed by atoms with E-state index >= 15 is 0 Å². The number of halogens is 2. The van der Waals surface area contributed by atoms with Crippen LogP contribution in [0.4, 0.5) is 5.69 Å². The van der Waals surface area contributed by atoms with E-state index in [1.807, 2.05) is 0 Å². The molecule has 2 N–H and O–H groups in total. The molecule has 1 amide bonds. The molecule has 2 aromatic carbocycles. The highest BCUT2D eigenvalue weighted by Gasteiger charge is 2.15. The van der Waals surface area contributed by atoms with Gasteiger partial charge in [-0.2, -0.15) is 0 Å². The van der Waals surface area contributed by atoms with Gasteiger partial charge in [-0.3, -0.25) is 4.79 Å². The molecule has 7 heteroatoms. The summed E-state index contributed by atoms with van der Waals surface area (Å²) in [6, 6.07) is 9.05. The number of nitrogens with one attached hydrogen (secondary N) is 1. The van der Waals surface area contributed by atoms with Crippen molar-refractivity contribution >= 4 is 40.8 Å². The molecular weight excluding hydrogens is 341 g/mol. The maximum atomic E-state index is 11.9. The number of anilines is 1. The molecule has 0 saturated heterocycles. The van der Waals surface area contributed by atoms with Crippen molar-refractivity contribution in [3.63, 3.8) is 0 Å². The highest BCUT2D eigenvalue weighted by molar-refractivity contribution is 6.32. The summed E-state index contributed by atoms with van der Waals surface area (Å²) in [5, 5.41) is 13.0. The quantitative estimate of drug-likeness (QED) is 0.819. The standard InChI is InChI=1S/C16H13Cl2NO4/c1-9-12(18)3-2-4-13(9)19-15(21)8-23-16(22)11-7-10(17)5-6-14(11)20/h2-7,20H,8H2,1H3,(H,19,21). The van der Waals surface area contributed by atoms with Crippen molar-refractivity contribution in [3.05, 3.63) is 57.6 Å². The van der Waals surface area contributed by atoms with E-state index in [1.165, 1.54) is 18.2 Å². The number of amides is 1. The van der Waals surface area contributed by atoms with Gasteiger partial charge < -0.3 is 15.2 Å². The van der Waals surface area contributed by atoms with Gasteiger partial charge in [0, 0.05) is 15.7 Å². The maximum absolute atomic E-state index is 11.9. The van der Waals surface area contributed by atoms with Gasteiger partial charge in [0.25, 0.3) is 5.91 Å². The van der Waals surface area contributed by atoms with Crippen LogP contribution < -0.4 is 5.32 Å². The predicted molar refractivity (Wildman–Crippen MR) is 88.2 cm³/mol. The third-order valence-electron chi connectivity index (χ3n) is 3.05. The Morgan fingerprint density at radius 2 is 1.96 bits per heavy atom. The van der Waals surface area contributed by atoms with Crippen LogP contribution in [0.25, 0.3) is 0 Å². The summed E-state index contributed by atoms with van der Waals surface area (Å²) in [5.74, 6) is -1.64. The first-order valence-corrected chi connectivity index (χ1v) is 7.34. The van der Waals surface area contributed by atoms with E-state index in [0.29, 0.717) is 16.3 Å². The molecule has 0 unspecified atom stereocenters. The summed E-state index contributed by atoms with van der Waals surface area (Å²) in [4.78, 5) is 23.7. The van der Waals surface area contributed by atoms with E-state index in [9.17, 15) is 14.7 Å². The SMILES string of the molecule is Cc1c(Cl)cccc1NC(=O)COC(=O)c1cc(Cl)ccc1O. The highest BCUT2D eigenvalue weighted by Crippen LogP contribution is 2.23. The average molecular weight is 354 g/mol. The molecule has 0 radical (unpaired) electrons. The number of benzene rings is 2. The lowest BCUT2D eigenvalue weighted by atomic mass is 10.2. The van der Waals surface area contributed by atoms with Crippen molar-refractivity contribution in [2.45, 2.75) is 6.92 Å². The third-order valence-corrected chi connectivity index (χ3v) is 3.70. The monoisotopic (exact) mass is 353 g/mol. The molecule has 0 aliphatic rings. The normalized spacial score (nSPS) is 10.2. The van der Waals surface area contributed by atoms with Gasteiger partial charge in [0.1, 0.15) is 11.3 Å². The van der Waals surface area contributed by atoms with E-state index in [2.05, 4.69) is 5.32 Å². The van der Waals surface area contributed by atoms with Gasteiger partial charge in [0.2, 0.25) is 0 Å². The molecule has 23 heavy (non-hydrogen) atoms. The molecule has 0 aromatic heterocycles. The van der Waals surface area contributed by atoms with E-state index in [0.717, 1.165) is 0 Å². The maximum Gasteiger partial charge on any atom is 0.342 e. The Balaban J connectivity index is 1.98. The lowest BCUT2D eigenvalue weighted by Crippen LogP contribution is -2.21. The van der Waals surface area contributed by atoms with Crippen molar-refractivity contribution in [2.75, 3.05) is 11.9 Å². The van der Waals surface area contributed by atoms with Crippen molar-refractivity contribution in [2.24, 2.45) is 0 Å². The third kappa shape index (κ3) is 4.37. The molecule has 0 aliphatic heterocycles. The minimum atomic E-state index is -0.844. The molecule has 5 nitrogen and oxygen atoms in total. The number of aromatic hydroxyl groups is 1. The summed E-state index contributed by atoms with van der Waals surface area (Å²) in [6.45, 7) is 1.25. The Kier molecular flexibility index (Phi) is 5.47. The van der Waals surface area contributed by atoms with E-state index in [1.54, 1.807) is 25.1 Å². The number of rotatable bonds is 4. The van der Waals surface area contributed by atoms with Gasteiger partial charge in [-0.05, 0) is 42.8 Å². The minimum Gasteiger partial charge on any atom is -0.507 e. The molecule has 120 valence electrons. The van der Waals surface area contributed by atoms with Crippen LogP contribution in [-0.2, 0) is 9.53 Å². The topological polar surface area (TPSA) is 75.6 Å². The van der Waals surface area contributed by atoms with E-state index in [-0.39, 0.29) is 16.3 Å². The Labute approximate surface area is 142 Å². The van der Waals surface area contributed by atoms with Crippen LogP contribution in [0.2, 0.25) is 10.0 Å². The smallest absolute Gasteiger partial charge is 0.342 e. The Hall–Kier alpha value is -2.24. The van der Waals surface area contributed by atoms with Crippen molar-refractivity contribution in [1.29, 1.82) is 0 Å². The molecule has 2 rings (SSSR count). The number of carbonyl (C=O) groups excluding carboxylic acids is 2. The summed E-state index contributed by atoms with van der Waals surface area (Å²) in [7, 11) is 0. The molecule has 0 spiro atoms. The van der Waals surface area contributed by atoms with Gasteiger partial charge in [0.15, 0.2) is 6.61 Å². The first-order valence-electron chi connectivity index (χ1n) is 6.59. The number of hydrogen-bond donors (Lipinski definition) is 2. The number of phenolic OH excluding ortho intramolecular Hbond substituents is 1. The fraction of sp³-hybridized carbons (Fsp3) is 0.125. The lowest BCUT2D eigenvalue weighted by molar-refractivity contribution is -0.119. The zero-order valence-corrected chi connectivity index (χ0v) is 13.6. The predicted octanol–water partition coefficient (Wildman–Crippen LogP) is 3.80. The molecule has 0 heterocycles. The number of hydrogen-bond acceptors (Lipinski definition) is 4. The zero-order valence-electron chi connectivity index (χ0n) is 12.1. The Morgan fingerprint density at radius 3 is 2.70 bits per heavy atom. The zero-order chi connectivity index (χ0) is 17.0. The van der Waals surface area contributed by atoms with Crippen LogP contribution in [0.5, 0.6) is 5.75 Å². The van der Waals surface area contributed by atoms with Crippen LogP contribution in [-0.4, -0.2) is 23.6 Å². The second-order valence-corrected chi connectivity index (χ2v) is 5.54. The van der Waals surface area contributed by atoms with E-state index in [4.69, 9.17) is 27.9 Å². The van der Waals surface area contributed by atoms with Crippen molar-refractivity contribution in [3.8, 4) is 5.75 Å². The largest absolute Gasteiger partial charge is 0.507 e. The first-order chi connectivity index (χ1) is 10.9. The van der Waals surface area contributed by atoms with Gasteiger partial charge in [-0.1, -0.05) is 29.3 Å². The lowest BCUT2D eigenvalue weighted by Gasteiger charge is -2.10. The molecular formula is C16H13Cl2NO4. The fourth-order valence-electron chi connectivity index (χ4n) is 1.81. The van der Waals surface area contributed by atoms with Crippen molar-refractivity contribution < 1.29 is 19.4 Å². The Bertz CT molecular complexity index is 762. The molecule has 0 bridgehead atoms. The van der Waals surface area contributed by atoms with E-state index < -0.39 is 18.5 Å². The highest BCUT2D eigenvalue weighted by atomic mass is 35.5. The fourth-order valence-corrected chi connectivity index (χ4v) is 2.16. The summed E-state index contributed by atoms with van der Waals surface area (Å²) >= 11 is 11.7. The van der Waals surface area contributed by atoms with Gasteiger partial charge >= 0.3 is 5.97 Å². The minimum absolute atomic E-state index is 0.107. The molecule has 0 aliphatic carbocycles. The van der Waals surface area contributed by atoms with Gasteiger partial charge in [-0.15, -0.1) is 0 Å². The van der Waals surface area contributed by atoms with Crippen LogP contribution in [0.1, 0.15) is 15.9 Å². The number of ether oxygens (including phenoxy) is 1. The second kappa shape index (κ2) is 7.35. The molecule has 0 saturated carbocycles. The van der Waals surface area contributed by atoms with Crippen LogP contribution in [0.15, 0.2) is 36.4 Å². The van der Waals surface area contributed by atoms with Crippen LogP contribution in [0, 0.1) is 6.92 Å². The van der Waals surface area contributed by atoms with Crippen LogP contribution in [0.3, 0.4) is 0 Å². The number of carbonyl (C=O) groups is 2. The van der Waals surface area contributed by atoms with Crippen molar-refractivity contribution in [1.82, 2.24) is 0 Å².